The van der Waals surface area contributed by atoms with Crippen LogP contribution in [0.4, 0.5) is 5.69 Å². The second-order valence-corrected chi connectivity index (χ2v) is 9.08. The molecule has 0 saturated carbocycles. The molecule has 0 saturated heterocycles. The Morgan fingerprint density at radius 3 is 2.70 bits per heavy atom. The molecule has 1 aromatic carbocycles. The zero-order valence-electron chi connectivity index (χ0n) is 22.1. The molecule has 191 valence electrons. The maximum absolute atomic E-state index is 13.3. The predicted molar refractivity (Wildman–Crippen MR) is 150 cm³/mol. The molecule has 0 spiro atoms. The minimum Gasteiger partial charge on any atom is -0.442 e. The molecule has 7 heteroatoms. The molecular weight excluding hydrogens is 462 g/mol. The summed E-state index contributed by atoms with van der Waals surface area (Å²) < 4.78 is 6.47. The number of allylic oxidation sites excluding steroid dienone is 3. The van der Waals surface area contributed by atoms with E-state index in [9.17, 15) is 4.79 Å². The first-order valence-electron chi connectivity index (χ1n) is 13.0. The number of nitrogens with zero attached hydrogens (tertiary/aromatic N) is 1. The highest BCUT2D eigenvalue weighted by molar-refractivity contribution is 6.04. The molecule has 1 radical (unpaired) electrons. The lowest BCUT2D eigenvalue weighted by Gasteiger charge is -2.17. The van der Waals surface area contributed by atoms with Crippen LogP contribution in [0.2, 0.25) is 0 Å². The molecule has 7 nitrogen and oxygen atoms in total. The lowest BCUT2D eigenvalue weighted by molar-refractivity contribution is -0.117. The maximum atomic E-state index is 13.3. The fourth-order valence-electron chi connectivity index (χ4n) is 4.67. The first kappa shape index (κ1) is 26.4. The molecule has 4 N–H and O–H groups in total. The Labute approximate surface area is 219 Å². The third-order valence-electron chi connectivity index (χ3n) is 6.41. The molecule has 2 aliphatic carbocycles. The lowest BCUT2D eigenvalue weighted by atomic mass is 9.81. The summed E-state index contributed by atoms with van der Waals surface area (Å²) in [5, 5.41) is 11.5. The van der Waals surface area contributed by atoms with Gasteiger partial charge in [-0.2, -0.15) is 0 Å². The SMILES string of the molecule is CCN=c1cc2oc3cc(NCC)c(C)cc3c([C+]3C=C[CH+]C=C3C(=O)NCCNCC[NH])c-2cc1C. The number of carbonyl (C=O) groups is 1. The van der Waals surface area contributed by atoms with Crippen LogP contribution in [0, 0.1) is 26.2 Å². The minimum atomic E-state index is -0.124. The Morgan fingerprint density at radius 2 is 1.95 bits per heavy atom. The van der Waals surface area contributed by atoms with Crippen LogP contribution in [-0.4, -0.2) is 45.2 Å². The number of hydrogen-bond acceptors (Lipinski definition) is 5. The van der Waals surface area contributed by atoms with Gasteiger partial charge < -0.3 is 20.4 Å². The van der Waals surface area contributed by atoms with Crippen LogP contribution in [0.5, 0.6) is 0 Å². The van der Waals surface area contributed by atoms with Crippen molar-refractivity contribution in [2.75, 3.05) is 44.6 Å². The molecule has 37 heavy (non-hydrogen) atoms. The molecule has 0 atom stereocenters. The predicted octanol–water partition coefficient (Wildman–Crippen LogP) is 4.12. The number of carbonyl (C=O) groups excluding carboxylic acids is 1. The number of hydrogen-bond donors (Lipinski definition) is 3. The monoisotopic (exact) mass is 498 g/mol. The van der Waals surface area contributed by atoms with Gasteiger partial charge in [-0.05, 0) is 51.0 Å². The van der Waals surface area contributed by atoms with Crippen molar-refractivity contribution in [3.05, 3.63) is 82.5 Å². The summed E-state index contributed by atoms with van der Waals surface area (Å²) in [4.78, 5) is 18.0. The smallest absolute Gasteiger partial charge is 0.364 e. The highest BCUT2D eigenvalue weighted by Crippen LogP contribution is 2.43. The van der Waals surface area contributed by atoms with Gasteiger partial charge in [0.25, 0.3) is 0 Å². The largest absolute Gasteiger partial charge is 0.442 e. The molecule has 0 fully saturated rings. The lowest BCUT2D eigenvalue weighted by Crippen LogP contribution is -2.35. The Bertz CT molecular complexity index is 1370. The van der Waals surface area contributed by atoms with Crippen molar-refractivity contribution in [3.8, 4) is 11.3 Å². The second-order valence-electron chi connectivity index (χ2n) is 9.08. The molecule has 1 heterocycles. The molecule has 4 rings (SSSR count). The summed E-state index contributed by atoms with van der Waals surface area (Å²) in [6.45, 7) is 11.8. The summed E-state index contributed by atoms with van der Waals surface area (Å²) in [5.74, 6) is 1.47. The number of nitrogens with one attached hydrogen (secondary N) is 4. The Hall–Kier alpha value is -3.68. The zero-order chi connectivity index (χ0) is 26.4. The molecular formula is C30H36N5O2+2. The van der Waals surface area contributed by atoms with Crippen LogP contribution in [-0.2, 0) is 4.79 Å². The number of fused-ring (bicyclic) bond motifs is 2. The average Bonchev–Trinajstić information content (AvgIpc) is 2.89. The van der Waals surface area contributed by atoms with E-state index < -0.39 is 0 Å². The van der Waals surface area contributed by atoms with E-state index in [1.54, 1.807) is 0 Å². The zero-order valence-corrected chi connectivity index (χ0v) is 22.1. The van der Waals surface area contributed by atoms with E-state index in [2.05, 4.69) is 53.8 Å². The number of amides is 1. The van der Waals surface area contributed by atoms with Gasteiger partial charge >= 0.3 is 5.91 Å². The van der Waals surface area contributed by atoms with Gasteiger partial charge in [0.1, 0.15) is 17.7 Å². The summed E-state index contributed by atoms with van der Waals surface area (Å²) in [6, 6.07) is 8.32. The van der Waals surface area contributed by atoms with Gasteiger partial charge in [-0.25, -0.2) is 4.79 Å². The number of benzene rings is 2. The van der Waals surface area contributed by atoms with Crippen LogP contribution < -0.4 is 27.0 Å². The average molecular weight is 499 g/mol. The van der Waals surface area contributed by atoms with Crippen molar-refractivity contribution in [2.45, 2.75) is 27.7 Å². The highest BCUT2D eigenvalue weighted by atomic mass is 16.3. The van der Waals surface area contributed by atoms with Gasteiger partial charge in [0.05, 0.1) is 28.8 Å². The van der Waals surface area contributed by atoms with E-state index in [-0.39, 0.29) is 5.91 Å². The Balaban J connectivity index is 1.87. The maximum Gasteiger partial charge on any atom is 0.364 e. The summed E-state index contributed by atoms with van der Waals surface area (Å²) >= 11 is 0. The normalized spacial score (nSPS) is 13.7. The molecule has 1 amide bonds. The van der Waals surface area contributed by atoms with E-state index in [0.717, 1.165) is 62.5 Å². The third kappa shape index (κ3) is 5.68. The van der Waals surface area contributed by atoms with Crippen LogP contribution in [0.15, 0.2) is 57.5 Å². The highest BCUT2D eigenvalue weighted by Gasteiger charge is 2.41. The van der Waals surface area contributed by atoms with Gasteiger partial charge in [0.2, 0.25) is 5.57 Å². The molecule has 3 aliphatic rings. The van der Waals surface area contributed by atoms with Crippen LogP contribution >= 0.6 is 0 Å². The van der Waals surface area contributed by atoms with E-state index in [0.29, 0.717) is 38.3 Å². The van der Waals surface area contributed by atoms with Crippen molar-refractivity contribution in [1.82, 2.24) is 16.4 Å². The fraction of sp³-hybridized carbons (Fsp3) is 0.333. The second kappa shape index (κ2) is 12.0. The number of rotatable bonds is 10. The number of anilines is 1. The summed E-state index contributed by atoms with van der Waals surface area (Å²) in [7, 11) is 0. The van der Waals surface area contributed by atoms with Gasteiger partial charge in [-0.1, -0.05) is 0 Å². The van der Waals surface area contributed by atoms with Gasteiger partial charge in [-0.3, -0.25) is 10.7 Å². The summed E-state index contributed by atoms with van der Waals surface area (Å²) in [6.07, 6.45) is 7.75. The van der Waals surface area contributed by atoms with Crippen LogP contribution in [0.1, 0.15) is 30.5 Å². The van der Waals surface area contributed by atoms with Crippen molar-refractivity contribution < 1.29 is 9.21 Å². The van der Waals surface area contributed by atoms with E-state index in [1.807, 2.05) is 43.7 Å². The van der Waals surface area contributed by atoms with E-state index >= 15 is 0 Å². The number of aryl methyl sites for hydroxylation is 2. The summed E-state index contributed by atoms with van der Waals surface area (Å²) in [5.41, 5.74) is 13.8. The third-order valence-corrected chi connectivity index (χ3v) is 6.41. The quantitative estimate of drug-likeness (QED) is 0.222. The van der Waals surface area contributed by atoms with Crippen LogP contribution in [0.3, 0.4) is 0 Å². The topological polar surface area (TPSA) is 102 Å². The molecule has 1 aliphatic heterocycles. The standard InChI is InChI=1S/C30H35N5O2/c1-5-33-25-17-27-23(15-19(25)3)29(24-16-20(4)26(34-6-2)18-28(24)37-27)21-9-7-8-10-22(21)30(36)35-14-13-32-12-11-31/h7-10,15-18,31-32H,5-6,11-14H2,1-4H3,(H-,33,34,35,36)/q+1/p+1. The van der Waals surface area contributed by atoms with Crippen molar-refractivity contribution in [2.24, 2.45) is 4.99 Å². The van der Waals surface area contributed by atoms with E-state index in [4.69, 9.17) is 10.2 Å². The Morgan fingerprint density at radius 1 is 1.11 bits per heavy atom. The van der Waals surface area contributed by atoms with Crippen LogP contribution in [0.25, 0.3) is 22.3 Å². The van der Waals surface area contributed by atoms with Gasteiger partial charge in [0.15, 0.2) is 17.3 Å². The van der Waals surface area contributed by atoms with Crippen molar-refractivity contribution in [1.29, 1.82) is 0 Å². The van der Waals surface area contributed by atoms with Crippen molar-refractivity contribution >= 4 is 22.6 Å². The van der Waals surface area contributed by atoms with E-state index in [1.165, 1.54) is 0 Å². The first-order chi connectivity index (χ1) is 18.0. The molecule has 0 bridgehead atoms. The van der Waals surface area contributed by atoms with Gasteiger partial charge in [-0.15, -0.1) is 0 Å². The molecule has 1 aromatic rings. The first-order valence-corrected chi connectivity index (χ1v) is 13.0. The minimum absolute atomic E-state index is 0.124. The molecule has 0 unspecified atom stereocenters. The molecule has 0 aromatic heterocycles. The Kier molecular flexibility index (Phi) is 8.58. The van der Waals surface area contributed by atoms with Crippen molar-refractivity contribution in [3.63, 3.8) is 0 Å². The van der Waals surface area contributed by atoms with Gasteiger partial charge in [0, 0.05) is 57.1 Å². The fourth-order valence-corrected chi connectivity index (χ4v) is 4.67.